The van der Waals surface area contributed by atoms with Gasteiger partial charge in [-0.3, -0.25) is 9.69 Å². The number of amides is 1. The monoisotopic (exact) mass is 355 g/mol. The van der Waals surface area contributed by atoms with Gasteiger partial charge in [0.25, 0.3) is 0 Å². The van der Waals surface area contributed by atoms with Gasteiger partial charge >= 0.3 is 6.09 Å². The molecule has 1 unspecified atom stereocenters. The highest BCUT2D eigenvalue weighted by molar-refractivity contribution is 5.84. The van der Waals surface area contributed by atoms with Gasteiger partial charge in [-0.15, -0.1) is 0 Å². The molecule has 0 spiro atoms. The highest BCUT2D eigenvalue weighted by Gasteiger charge is 2.25. The first kappa shape index (κ1) is 21.1. The largest absolute Gasteiger partial charge is 0.444 e. The van der Waals surface area contributed by atoms with Crippen LogP contribution >= 0.6 is 0 Å². The molecule has 1 aromatic rings. The predicted molar refractivity (Wildman–Crippen MR) is 92.5 cm³/mol. The highest BCUT2D eigenvalue weighted by atomic mass is 19.3. The van der Waals surface area contributed by atoms with E-state index in [1.807, 2.05) is 30.3 Å². The van der Waals surface area contributed by atoms with Gasteiger partial charge in [0, 0.05) is 19.4 Å². The van der Waals surface area contributed by atoms with Crippen LogP contribution in [0.4, 0.5) is 13.6 Å². The molecule has 0 saturated heterocycles. The van der Waals surface area contributed by atoms with Crippen molar-refractivity contribution in [3.63, 3.8) is 0 Å². The zero-order valence-electron chi connectivity index (χ0n) is 15.3. The third kappa shape index (κ3) is 9.17. The first-order chi connectivity index (χ1) is 11.6. The van der Waals surface area contributed by atoms with E-state index < -0.39 is 24.0 Å². The maximum Gasteiger partial charge on any atom is 0.410 e. The van der Waals surface area contributed by atoms with Crippen molar-refractivity contribution >= 4 is 11.9 Å². The number of alkyl halides is 2. The molecule has 25 heavy (non-hydrogen) atoms. The number of benzene rings is 1. The van der Waals surface area contributed by atoms with Gasteiger partial charge in [0.1, 0.15) is 5.60 Å². The van der Waals surface area contributed by atoms with E-state index in [0.29, 0.717) is 0 Å². The Kier molecular flexibility index (Phi) is 8.00. The Hall–Kier alpha value is -1.98. The molecule has 0 bridgehead atoms. The van der Waals surface area contributed by atoms with Crippen LogP contribution in [0, 0.1) is 5.92 Å². The molecule has 6 heteroatoms. The number of hydrogen-bond acceptors (Lipinski definition) is 3. The van der Waals surface area contributed by atoms with E-state index in [0.717, 1.165) is 5.56 Å². The van der Waals surface area contributed by atoms with Crippen LogP contribution in [0.15, 0.2) is 30.3 Å². The van der Waals surface area contributed by atoms with Crippen molar-refractivity contribution in [2.24, 2.45) is 5.92 Å². The summed E-state index contributed by atoms with van der Waals surface area (Å²) in [7, 11) is 0. The lowest BCUT2D eigenvalue weighted by molar-refractivity contribution is -0.121. The van der Waals surface area contributed by atoms with Gasteiger partial charge in [0.2, 0.25) is 6.43 Å². The summed E-state index contributed by atoms with van der Waals surface area (Å²) < 4.78 is 30.2. The molecule has 1 aromatic carbocycles. The van der Waals surface area contributed by atoms with Gasteiger partial charge in [-0.05, 0) is 32.3 Å². The van der Waals surface area contributed by atoms with Crippen molar-refractivity contribution in [1.82, 2.24) is 4.90 Å². The molecular weight excluding hydrogens is 328 g/mol. The van der Waals surface area contributed by atoms with E-state index in [1.54, 1.807) is 27.7 Å². The number of ether oxygens (including phenoxy) is 1. The van der Waals surface area contributed by atoms with Gasteiger partial charge in [0.05, 0.1) is 6.54 Å². The second kappa shape index (κ2) is 9.49. The van der Waals surface area contributed by atoms with Crippen molar-refractivity contribution in [3.05, 3.63) is 35.9 Å². The minimum absolute atomic E-state index is 0.0123. The topological polar surface area (TPSA) is 46.6 Å². The van der Waals surface area contributed by atoms with E-state index in [9.17, 15) is 18.4 Å². The van der Waals surface area contributed by atoms with Crippen LogP contribution in [0.3, 0.4) is 0 Å². The lowest BCUT2D eigenvalue weighted by atomic mass is 10.0. The first-order valence-electron chi connectivity index (χ1n) is 8.38. The highest BCUT2D eigenvalue weighted by Crippen LogP contribution is 2.16. The molecule has 1 amide bonds. The van der Waals surface area contributed by atoms with Crippen molar-refractivity contribution in [2.75, 3.05) is 6.54 Å². The summed E-state index contributed by atoms with van der Waals surface area (Å²) in [5.74, 6) is -0.681. The fourth-order valence-corrected chi connectivity index (χ4v) is 2.37. The minimum atomic E-state index is -2.44. The van der Waals surface area contributed by atoms with E-state index in [1.165, 1.54) is 4.90 Å². The van der Waals surface area contributed by atoms with Crippen LogP contribution in [0.5, 0.6) is 0 Å². The number of Topliss-reactive ketones (excluding diaryl/α,β-unsaturated/α-hetero) is 1. The normalized spacial score (nSPS) is 12.8. The Morgan fingerprint density at radius 2 is 1.76 bits per heavy atom. The minimum Gasteiger partial charge on any atom is -0.444 e. The molecule has 0 radical (unpaired) electrons. The van der Waals surface area contributed by atoms with Crippen molar-refractivity contribution < 1.29 is 23.1 Å². The molecule has 0 aliphatic carbocycles. The Balaban J connectivity index is 2.76. The number of nitrogens with zero attached hydrogens (tertiary/aromatic N) is 1. The van der Waals surface area contributed by atoms with E-state index >= 15 is 0 Å². The Morgan fingerprint density at radius 3 is 2.28 bits per heavy atom. The number of ketones is 1. The van der Waals surface area contributed by atoms with E-state index in [4.69, 9.17) is 4.74 Å². The smallest absolute Gasteiger partial charge is 0.410 e. The van der Waals surface area contributed by atoms with E-state index in [-0.39, 0.29) is 31.7 Å². The van der Waals surface area contributed by atoms with Gasteiger partial charge in [-0.2, -0.15) is 0 Å². The fourth-order valence-electron chi connectivity index (χ4n) is 2.37. The first-order valence-corrected chi connectivity index (χ1v) is 8.38. The number of carbonyl (C=O) groups excluding carboxylic acids is 2. The summed E-state index contributed by atoms with van der Waals surface area (Å²) >= 11 is 0. The van der Waals surface area contributed by atoms with Crippen LogP contribution in [0.1, 0.15) is 46.1 Å². The number of rotatable bonds is 8. The van der Waals surface area contributed by atoms with Crippen molar-refractivity contribution in [2.45, 2.75) is 59.1 Å². The molecule has 1 atom stereocenters. The summed E-state index contributed by atoms with van der Waals surface area (Å²) in [6.07, 6.45) is -3.34. The van der Waals surface area contributed by atoms with Gasteiger partial charge in [-0.25, -0.2) is 13.6 Å². The average molecular weight is 355 g/mol. The lowest BCUT2D eigenvalue weighted by Gasteiger charge is -2.27. The standard InChI is InChI=1S/C19H27F2NO3/c1-14(11-17(20)21)10-16(23)13-22(18(24)25-19(2,3)4)12-15-8-6-5-7-9-15/h5-9,14,17H,10-13H2,1-4H3. The summed E-state index contributed by atoms with van der Waals surface area (Å²) in [5.41, 5.74) is 0.180. The Bertz CT molecular complexity index is 556. The summed E-state index contributed by atoms with van der Waals surface area (Å²) in [6.45, 7) is 6.93. The fraction of sp³-hybridized carbons (Fsp3) is 0.579. The van der Waals surface area contributed by atoms with Crippen LogP contribution < -0.4 is 0 Å². The summed E-state index contributed by atoms with van der Waals surface area (Å²) in [6, 6.07) is 9.24. The molecule has 140 valence electrons. The molecule has 0 aliphatic rings. The Labute approximate surface area is 148 Å². The maximum atomic E-state index is 12.4. The SMILES string of the molecule is CC(CC(=O)CN(Cc1ccccc1)C(=O)OC(C)(C)C)CC(F)F. The second-order valence-corrected chi connectivity index (χ2v) is 7.30. The molecule has 4 nitrogen and oxygen atoms in total. The van der Waals surface area contributed by atoms with Gasteiger partial charge < -0.3 is 4.74 Å². The number of carbonyl (C=O) groups is 2. The number of halogens is 2. The van der Waals surface area contributed by atoms with Crippen LogP contribution in [-0.2, 0) is 16.1 Å². The summed E-state index contributed by atoms with van der Waals surface area (Å²) in [4.78, 5) is 25.9. The molecule has 0 saturated carbocycles. The quantitative estimate of drug-likeness (QED) is 0.680. The molecular formula is C19H27F2NO3. The molecule has 0 aliphatic heterocycles. The van der Waals surface area contributed by atoms with Crippen molar-refractivity contribution in [3.8, 4) is 0 Å². The lowest BCUT2D eigenvalue weighted by Crippen LogP contribution is -2.39. The van der Waals surface area contributed by atoms with Crippen LogP contribution in [0.25, 0.3) is 0 Å². The van der Waals surface area contributed by atoms with Gasteiger partial charge in [0.15, 0.2) is 5.78 Å². The van der Waals surface area contributed by atoms with Gasteiger partial charge in [-0.1, -0.05) is 37.3 Å². The third-order valence-corrected chi connectivity index (χ3v) is 3.39. The number of hydrogen-bond donors (Lipinski definition) is 0. The molecule has 1 rings (SSSR count). The molecule has 0 N–H and O–H groups in total. The van der Waals surface area contributed by atoms with E-state index in [2.05, 4.69) is 0 Å². The predicted octanol–water partition coefficient (Wildman–Crippen LogP) is 4.67. The maximum absolute atomic E-state index is 12.4. The molecule has 0 fully saturated rings. The van der Waals surface area contributed by atoms with Crippen LogP contribution in [-0.4, -0.2) is 35.3 Å². The van der Waals surface area contributed by atoms with Crippen molar-refractivity contribution in [1.29, 1.82) is 0 Å². The summed E-state index contributed by atoms with van der Waals surface area (Å²) in [5, 5.41) is 0. The third-order valence-electron chi connectivity index (χ3n) is 3.39. The molecule has 0 aromatic heterocycles. The average Bonchev–Trinajstić information content (AvgIpc) is 2.44. The Morgan fingerprint density at radius 1 is 1.16 bits per heavy atom. The molecule has 0 heterocycles. The van der Waals surface area contributed by atoms with Crippen LogP contribution in [0.2, 0.25) is 0 Å². The second-order valence-electron chi connectivity index (χ2n) is 7.30. The zero-order valence-corrected chi connectivity index (χ0v) is 15.3. The zero-order chi connectivity index (χ0) is 19.0.